The summed E-state index contributed by atoms with van der Waals surface area (Å²) in [6.45, 7) is 4.44. The molecule has 1 saturated heterocycles. The standard InChI is InChI=1S/C23H26ClN3O3S/c1-15-18(22(28)25-13-16-6-5-10-30-16)12-21(27(15)9-11-29-2)20-14-31-23(26-20)17-7-3-4-8-19(17)24/h3-4,7-8,12,14,16H,5-6,9-11,13H2,1-2H3,(H,25,28). The second-order valence-electron chi connectivity index (χ2n) is 7.54. The van der Waals surface area contributed by atoms with Gasteiger partial charge in [-0.1, -0.05) is 29.8 Å². The SMILES string of the molecule is COCCn1c(-c2csc(-c3ccccc3Cl)n2)cc(C(=O)NCC2CCCO2)c1C. The Hall–Kier alpha value is -2.19. The summed E-state index contributed by atoms with van der Waals surface area (Å²) in [5.74, 6) is -0.0908. The van der Waals surface area contributed by atoms with E-state index in [4.69, 9.17) is 26.1 Å². The third-order valence-electron chi connectivity index (χ3n) is 5.52. The Labute approximate surface area is 191 Å². The number of hydrogen-bond donors (Lipinski definition) is 1. The molecule has 1 N–H and O–H groups in total. The average molecular weight is 460 g/mol. The van der Waals surface area contributed by atoms with Gasteiger partial charge in [0.15, 0.2) is 0 Å². The number of ether oxygens (including phenoxy) is 2. The first-order valence-electron chi connectivity index (χ1n) is 10.4. The van der Waals surface area contributed by atoms with Gasteiger partial charge in [-0.05, 0) is 31.9 Å². The van der Waals surface area contributed by atoms with Crippen molar-refractivity contribution in [2.24, 2.45) is 0 Å². The van der Waals surface area contributed by atoms with Crippen LogP contribution in [0.3, 0.4) is 0 Å². The van der Waals surface area contributed by atoms with E-state index in [1.807, 2.05) is 42.6 Å². The van der Waals surface area contributed by atoms with E-state index in [1.165, 1.54) is 11.3 Å². The Morgan fingerprint density at radius 3 is 3.00 bits per heavy atom. The van der Waals surface area contributed by atoms with Crippen LogP contribution in [-0.2, 0) is 16.0 Å². The Morgan fingerprint density at radius 1 is 1.42 bits per heavy atom. The molecule has 1 unspecified atom stereocenters. The molecule has 1 aliphatic rings. The number of methoxy groups -OCH3 is 1. The maximum absolute atomic E-state index is 12.9. The van der Waals surface area contributed by atoms with Gasteiger partial charge in [-0.15, -0.1) is 11.3 Å². The fraction of sp³-hybridized carbons (Fsp3) is 0.391. The van der Waals surface area contributed by atoms with E-state index in [2.05, 4.69) is 9.88 Å². The van der Waals surface area contributed by atoms with Crippen molar-refractivity contribution in [1.29, 1.82) is 0 Å². The number of halogens is 1. The van der Waals surface area contributed by atoms with Crippen LogP contribution in [0.5, 0.6) is 0 Å². The Morgan fingerprint density at radius 2 is 2.26 bits per heavy atom. The molecule has 0 aliphatic carbocycles. The van der Waals surface area contributed by atoms with Gasteiger partial charge in [0.05, 0.1) is 34.7 Å². The van der Waals surface area contributed by atoms with Crippen LogP contribution in [-0.4, -0.2) is 48.4 Å². The molecule has 31 heavy (non-hydrogen) atoms. The monoisotopic (exact) mass is 459 g/mol. The molecule has 3 aromatic rings. The van der Waals surface area contributed by atoms with Gasteiger partial charge in [-0.3, -0.25) is 4.79 Å². The molecule has 1 aliphatic heterocycles. The molecule has 2 aromatic heterocycles. The molecule has 0 radical (unpaired) electrons. The van der Waals surface area contributed by atoms with Crippen LogP contribution in [0.4, 0.5) is 0 Å². The number of carbonyl (C=O) groups is 1. The smallest absolute Gasteiger partial charge is 0.253 e. The molecular weight excluding hydrogens is 434 g/mol. The lowest BCUT2D eigenvalue weighted by Crippen LogP contribution is -2.32. The van der Waals surface area contributed by atoms with Gasteiger partial charge in [-0.25, -0.2) is 4.98 Å². The molecule has 1 fully saturated rings. The van der Waals surface area contributed by atoms with Crippen LogP contribution >= 0.6 is 22.9 Å². The predicted molar refractivity (Wildman–Crippen MR) is 124 cm³/mol. The lowest BCUT2D eigenvalue weighted by molar-refractivity contribution is 0.0857. The second kappa shape index (κ2) is 9.96. The average Bonchev–Trinajstić information content (AvgIpc) is 3.51. The first-order chi connectivity index (χ1) is 15.1. The molecule has 0 bridgehead atoms. The van der Waals surface area contributed by atoms with E-state index < -0.39 is 0 Å². The van der Waals surface area contributed by atoms with Gasteiger partial charge in [-0.2, -0.15) is 0 Å². The van der Waals surface area contributed by atoms with Gasteiger partial charge in [0, 0.05) is 43.4 Å². The molecule has 0 spiro atoms. The Balaban J connectivity index is 1.63. The number of aromatic nitrogens is 2. The van der Waals surface area contributed by atoms with Gasteiger partial charge in [0.25, 0.3) is 5.91 Å². The van der Waals surface area contributed by atoms with E-state index in [-0.39, 0.29) is 12.0 Å². The first-order valence-corrected chi connectivity index (χ1v) is 11.6. The molecule has 8 heteroatoms. The first kappa shape index (κ1) is 22.0. The molecular formula is C23H26ClN3O3S. The lowest BCUT2D eigenvalue weighted by Gasteiger charge is -2.12. The van der Waals surface area contributed by atoms with Gasteiger partial charge < -0.3 is 19.4 Å². The molecule has 164 valence electrons. The molecule has 1 atom stereocenters. The van der Waals surface area contributed by atoms with Crippen LogP contribution in [0.15, 0.2) is 35.7 Å². The van der Waals surface area contributed by atoms with Crippen LogP contribution in [0.1, 0.15) is 28.9 Å². The molecule has 6 nitrogen and oxygen atoms in total. The van der Waals surface area contributed by atoms with Crippen LogP contribution in [0.2, 0.25) is 5.02 Å². The molecule has 0 saturated carbocycles. The quantitative estimate of drug-likeness (QED) is 0.525. The number of amides is 1. The van der Waals surface area contributed by atoms with E-state index in [9.17, 15) is 4.79 Å². The zero-order valence-electron chi connectivity index (χ0n) is 17.7. The van der Waals surface area contributed by atoms with Crippen molar-refractivity contribution >= 4 is 28.8 Å². The van der Waals surface area contributed by atoms with Crippen molar-refractivity contribution in [3.05, 3.63) is 52.0 Å². The van der Waals surface area contributed by atoms with Crippen LogP contribution in [0.25, 0.3) is 22.0 Å². The van der Waals surface area contributed by atoms with E-state index in [0.29, 0.717) is 30.3 Å². The number of nitrogens with zero attached hydrogens (tertiary/aromatic N) is 2. The third-order valence-corrected chi connectivity index (χ3v) is 6.72. The highest BCUT2D eigenvalue weighted by molar-refractivity contribution is 7.13. The number of rotatable bonds is 8. The number of nitrogens with one attached hydrogen (secondary N) is 1. The van der Waals surface area contributed by atoms with Crippen molar-refractivity contribution < 1.29 is 14.3 Å². The van der Waals surface area contributed by atoms with E-state index in [0.717, 1.165) is 47.1 Å². The van der Waals surface area contributed by atoms with Crippen LogP contribution in [0, 0.1) is 6.92 Å². The predicted octanol–water partition coefficient (Wildman–Crippen LogP) is 4.80. The van der Waals surface area contributed by atoms with Crippen molar-refractivity contribution in [3.8, 4) is 22.0 Å². The maximum Gasteiger partial charge on any atom is 0.253 e. The number of hydrogen-bond acceptors (Lipinski definition) is 5. The van der Waals surface area contributed by atoms with Gasteiger partial charge in [0.1, 0.15) is 5.01 Å². The van der Waals surface area contributed by atoms with Gasteiger partial charge >= 0.3 is 0 Å². The fourth-order valence-corrected chi connectivity index (χ4v) is 4.95. The number of benzene rings is 1. The largest absolute Gasteiger partial charge is 0.383 e. The summed E-state index contributed by atoms with van der Waals surface area (Å²) in [6, 6.07) is 9.59. The zero-order valence-corrected chi connectivity index (χ0v) is 19.3. The molecule has 1 amide bonds. The highest BCUT2D eigenvalue weighted by Crippen LogP contribution is 2.34. The zero-order chi connectivity index (χ0) is 21.8. The summed E-state index contributed by atoms with van der Waals surface area (Å²) in [6.07, 6.45) is 2.15. The van der Waals surface area contributed by atoms with E-state index >= 15 is 0 Å². The van der Waals surface area contributed by atoms with Crippen molar-refractivity contribution in [1.82, 2.24) is 14.9 Å². The summed E-state index contributed by atoms with van der Waals surface area (Å²) in [7, 11) is 1.67. The molecule has 3 heterocycles. The minimum absolute atomic E-state index is 0.0908. The van der Waals surface area contributed by atoms with Gasteiger partial charge in [0.2, 0.25) is 0 Å². The second-order valence-corrected chi connectivity index (χ2v) is 8.80. The summed E-state index contributed by atoms with van der Waals surface area (Å²) in [4.78, 5) is 17.7. The summed E-state index contributed by atoms with van der Waals surface area (Å²) >= 11 is 7.89. The minimum Gasteiger partial charge on any atom is -0.383 e. The summed E-state index contributed by atoms with van der Waals surface area (Å²) in [5, 5.41) is 6.55. The lowest BCUT2D eigenvalue weighted by atomic mass is 10.2. The number of thiazole rings is 1. The van der Waals surface area contributed by atoms with Crippen molar-refractivity contribution in [2.45, 2.75) is 32.4 Å². The molecule has 4 rings (SSSR count). The minimum atomic E-state index is -0.0908. The summed E-state index contributed by atoms with van der Waals surface area (Å²) in [5.41, 5.74) is 4.16. The van der Waals surface area contributed by atoms with Crippen molar-refractivity contribution in [3.63, 3.8) is 0 Å². The highest BCUT2D eigenvalue weighted by Gasteiger charge is 2.22. The number of carbonyl (C=O) groups excluding carboxylic acids is 1. The van der Waals surface area contributed by atoms with E-state index in [1.54, 1.807) is 7.11 Å². The topological polar surface area (TPSA) is 65.4 Å². The van der Waals surface area contributed by atoms with Crippen LogP contribution < -0.4 is 5.32 Å². The molecule has 1 aromatic carbocycles. The Bertz CT molecular complexity index is 1060. The summed E-state index contributed by atoms with van der Waals surface area (Å²) < 4.78 is 13.0. The normalized spacial score (nSPS) is 16.0. The fourth-order valence-electron chi connectivity index (χ4n) is 3.81. The maximum atomic E-state index is 12.9. The highest BCUT2D eigenvalue weighted by atomic mass is 35.5. The third kappa shape index (κ3) is 4.85. The van der Waals surface area contributed by atoms with Crippen molar-refractivity contribution in [2.75, 3.05) is 26.9 Å². The Kier molecular flexibility index (Phi) is 7.07.